The Kier molecular flexibility index (Phi) is 8.07. The van der Waals surface area contributed by atoms with Crippen molar-refractivity contribution >= 4 is 19.7 Å². The van der Waals surface area contributed by atoms with Crippen molar-refractivity contribution < 1.29 is 13.9 Å². The van der Waals surface area contributed by atoms with Crippen molar-refractivity contribution in [3.05, 3.63) is 41.9 Å². The first-order valence-electron chi connectivity index (χ1n) is 10.6. The third-order valence-corrected chi connectivity index (χ3v) is 11.9. The fraction of sp³-hybridized carbons (Fsp3) is 0.696. The van der Waals surface area contributed by atoms with Crippen molar-refractivity contribution in [2.45, 2.75) is 83.1 Å². The maximum Gasteiger partial charge on any atom is 0.228 e. The van der Waals surface area contributed by atoms with E-state index in [0.29, 0.717) is 5.92 Å². The van der Waals surface area contributed by atoms with Gasteiger partial charge < -0.3 is 13.9 Å². The molecule has 1 aliphatic heterocycles. The molecule has 2 heterocycles. The number of ether oxygens (including phenoxy) is 2. The minimum atomic E-state index is -2.03. The normalized spacial score (nSPS) is 29.4. The molecule has 1 aromatic rings. The van der Waals surface area contributed by atoms with Crippen LogP contribution in [0.1, 0.15) is 52.0 Å². The number of aromatic nitrogens is 1. The summed E-state index contributed by atoms with van der Waals surface area (Å²) in [5.41, 5.74) is 0. The lowest BCUT2D eigenvalue weighted by Crippen LogP contribution is -2.57. The van der Waals surface area contributed by atoms with Gasteiger partial charge in [0, 0.05) is 18.7 Å². The molecule has 29 heavy (non-hydrogen) atoms. The smallest absolute Gasteiger partial charge is 0.228 e. The van der Waals surface area contributed by atoms with Gasteiger partial charge in [0.15, 0.2) is 13.3 Å². The molecule has 1 saturated heterocycles. The second-order valence-corrected chi connectivity index (χ2v) is 15.3. The maximum absolute atomic E-state index is 6.90. The lowest BCUT2D eigenvalue weighted by atomic mass is 9.73. The lowest BCUT2D eigenvalue weighted by molar-refractivity contribution is -0.327. The van der Waals surface area contributed by atoms with Crippen LogP contribution in [0.4, 0.5) is 0 Å². The van der Waals surface area contributed by atoms with E-state index in [1.807, 2.05) is 23.7 Å². The van der Waals surface area contributed by atoms with Crippen LogP contribution < -0.4 is 0 Å². The SMILES string of the molecule is C=CCC[C@H]1C[C@H](C)O[C@](OC)(c2nccs2)[C@@H]1[C@H](C=C)O[Si](C)(C)C(C)(C)C. The largest absolute Gasteiger partial charge is 0.410 e. The standard InChI is InChI=1S/C23H39NO3SSi/c1-10-12-13-18-16-17(3)26-23(25-7,21-24-14-15-28-21)20(18)19(11-2)27-29(8,9)22(4,5)6/h10-11,14-15,17-20H,1-2,12-13,16H2,3-9H3/t17-,18-,19-,20-,23-/m0/s1. The summed E-state index contributed by atoms with van der Waals surface area (Å²) in [5.74, 6) is -0.603. The van der Waals surface area contributed by atoms with Crippen LogP contribution in [0, 0.1) is 11.8 Å². The fourth-order valence-corrected chi connectivity index (χ4v) is 6.15. The van der Waals surface area contributed by atoms with Gasteiger partial charge >= 0.3 is 0 Å². The van der Waals surface area contributed by atoms with Gasteiger partial charge in [-0.2, -0.15) is 0 Å². The number of methoxy groups -OCH3 is 1. The van der Waals surface area contributed by atoms with Crippen LogP contribution in [0.25, 0.3) is 0 Å². The Balaban J connectivity index is 2.55. The summed E-state index contributed by atoms with van der Waals surface area (Å²) < 4.78 is 19.7. The predicted octanol–water partition coefficient (Wildman–Crippen LogP) is 6.53. The summed E-state index contributed by atoms with van der Waals surface area (Å²) in [7, 11) is -0.305. The lowest BCUT2D eigenvalue weighted by Gasteiger charge is -2.52. The Bertz CT molecular complexity index is 670. The monoisotopic (exact) mass is 437 g/mol. The number of allylic oxidation sites excluding steroid dienone is 1. The van der Waals surface area contributed by atoms with Gasteiger partial charge in [-0.15, -0.1) is 24.5 Å². The molecule has 0 spiro atoms. The molecule has 0 amide bonds. The van der Waals surface area contributed by atoms with Crippen molar-refractivity contribution in [3.63, 3.8) is 0 Å². The van der Waals surface area contributed by atoms with Crippen molar-refractivity contribution in [1.29, 1.82) is 0 Å². The van der Waals surface area contributed by atoms with E-state index in [1.54, 1.807) is 18.4 Å². The van der Waals surface area contributed by atoms with E-state index in [4.69, 9.17) is 13.9 Å². The molecule has 6 heteroatoms. The second kappa shape index (κ2) is 9.56. The Hall–Kier alpha value is -0.793. The van der Waals surface area contributed by atoms with Gasteiger partial charge in [0.25, 0.3) is 0 Å². The fourth-order valence-electron chi connectivity index (χ4n) is 4.07. The van der Waals surface area contributed by atoms with Gasteiger partial charge in [-0.05, 0) is 50.2 Å². The minimum Gasteiger partial charge on any atom is -0.410 e. The Morgan fingerprint density at radius 1 is 1.41 bits per heavy atom. The maximum atomic E-state index is 6.90. The summed E-state index contributed by atoms with van der Waals surface area (Å²) in [6.45, 7) is 21.6. The zero-order chi connectivity index (χ0) is 21.9. The summed E-state index contributed by atoms with van der Waals surface area (Å²) in [6, 6.07) is 0. The minimum absolute atomic E-state index is 0.0265. The van der Waals surface area contributed by atoms with Crippen molar-refractivity contribution in [3.8, 4) is 0 Å². The van der Waals surface area contributed by atoms with Crippen LogP contribution in [0.5, 0.6) is 0 Å². The van der Waals surface area contributed by atoms with E-state index in [-0.39, 0.29) is 23.2 Å². The van der Waals surface area contributed by atoms with Crippen LogP contribution in [0.2, 0.25) is 18.1 Å². The zero-order valence-corrected chi connectivity index (χ0v) is 21.1. The van der Waals surface area contributed by atoms with Gasteiger partial charge in [-0.25, -0.2) is 4.98 Å². The number of thiazole rings is 1. The highest BCUT2D eigenvalue weighted by Gasteiger charge is 2.56. The number of rotatable bonds is 9. The molecule has 164 valence electrons. The first kappa shape index (κ1) is 24.5. The van der Waals surface area contributed by atoms with E-state index in [2.05, 4.69) is 58.9 Å². The first-order valence-corrected chi connectivity index (χ1v) is 14.4. The second-order valence-electron chi connectivity index (χ2n) is 9.60. The van der Waals surface area contributed by atoms with E-state index in [0.717, 1.165) is 24.3 Å². The van der Waals surface area contributed by atoms with Gasteiger partial charge in [0.1, 0.15) is 0 Å². The summed E-state index contributed by atoms with van der Waals surface area (Å²) >= 11 is 1.58. The van der Waals surface area contributed by atoms with Gasteiger partial charge in [0.2, 0.25) is 5.79 Å². The molecule has 5 atom stereocenters. The molecule has 0 N–H and O–H groups in total. The van der Waals surface area contributed by atoms with E-state index >= 15 is 0 Å². The third-order valence-electron chi connectivity index (χ3n) is 6.56. The average molecular weight is 438 g/mol. The van der Waals surface area contributed by atoms with Crippen LogP contribution in [-0.2, 0) is 19.7 Å². The Labute approximate surface area is 182 Å². The molecule has 1 fully saturated rings. The summed E-state index contributed by atoms with van der Waals surface area (Å²) in [5, 5.41) is 2.93. The van der Waals surface area contributed by atoms with Crippen molar-refractivity contribution in [2.24, 2.45) is 11.8 Å². The summed E-state index contributed by atoms with van der Waals surface area (Å²) in [6.07, 6.45) is 8.58. The van der Waals surface area contributed by atoms with E-state index < -0.39 is 14.1 Å². The number of hydrogen-bond acceptors (Lipinski definition) is 5. The van der Waals surface area contributed by atoms with Gasteiger partial charge in [-0.3, -0.25) is 0 Å². The van der Waals surface area contributed by atoms with Crippen LogP contribution >= 0.6 is 11.3 Å². The molecule has 1 aromatic heterocycles. The molecular formula is C23H39NO3SSi. The van der Waals surface area contributed by atoms with Gasteiger partial charge in [-0.1, -0.05) is 32.9 Å². The van der Waals surface area contributed by atoms with Crippen molar-refractivity contribution in [2.75, 3.05) is 7.11 Å². The van der Waals surface area contributed by atoms with E-state index in [1.165, 1.54) is 0 Å². The number of nitrogens with zero attached hydrogens (tertiary/aromatic N) is 1. The molecule has 1 aliphatic rings. The molecule has 0 bridgehead atoms. The molecule has 0 aromatic carbocycles. The highest BCUT2D eigenvalue weighted by atomic mass is 32.1. The molecule has 0 saturated carbocycles. The third kappa shape index (κ3) is 5.10. The first-order chi connectivity index (χ1) is 13.5. The molecular weight excluding hydrogens is 398 g/mol. The van der Waals surface area contributed by atoms with Crippen LogP contribution in [-0.4, -0.2) is 32.6 Å². The van der Waals surface area contributed by atoms with Crippen molar-refractivity contribution in [1.82, 2.24) is 4.98 Å². The summed E-state index contributed by atoms with van der Waals surface area (Å²) in [4.78, 5) is 4.61. The van der Waals surface area contributed by atoms with E-state index in [9.17, 15) is 0 Å². The highest BCUT2D eigenvalue weighted by molar-refractivity contribution is 7.09. The van der Waals surface area contributed by atoms with Gasteiger partial charge in [0.05, 0.1) is 18.1 Å². The zero-order valence-electron chi connectivity index (χ0n) is 19.2. The molecule has 2 rings (SSSR count). The molecule has 4 nitrogen and oxygen atoms in total. The van der Waals surface area contributed by atoms with Crippen LogP contribution in [0.15, 0.2) is 36.9 Å². The number of hydrogen-bond donors (Lipinski definition) is 0. The quantitative estimate of drug-likeness (QED) is 0.325. The topological polar surface area (TPSA) is 40.6 Å². The highest BCUT2D eigenvalue weighted by Crippen LogP contribution is 2.51. The molecule has 0 aliphatic carbocycles. The molecule has 0 unspecified atom stereocenters. The Morgan fingerprint density at radius 2 is 2.10 bits per heavy atom. The predicted molar refractivity (Wildman–Crippen MR) is 125 cm³/mol. The average Bonchev–Trinajstić information content (AvgIpc) is 3.18. The van der Waals surface area contributed by atoms with Crippen LogP contribution in [0.3, 0.4) is 0 Å². The Morgan fingerprint density at radius 3 is 2.59 bits per heavy atom. The molecule has 0 radical (unpaired) electrons.